The molecule has 0 saturated carbocycles. The van der Waals surface area contributed by atoms with E-state index < -0.39 is 0 Å². The minimum absolute atomic E-state index is 0.251. The van der Waals surface area contributed by atoms with Crippen LogP contribution in [0.15, 0.2) is 30.3 Å². The molecule has 6 nitrogen and oxygen atoms in total. The van der Waals surface area contributed by atoms with Gasteiger partial charge in [0.15, 0.2) is 5.82 Å². The average Bonchev–Trinajstić information content (AvgIpc) is 2.55. The first-order valence-corrected chi connectivity index (χ1v) is 7.66. The minimum atomic E-state index is 0.251. The van der Waals surface area contributed by atoms with E-state index in [0.717, 1.165) is 44.0 Å². The Morgan fingerprint density at radius 1 is 0.955 bits per heavy atom. The van der Waals surface area contributed by atoms with E-state index in [1.807, 2.05) is 6.07 Å². The first-order chi connectivity index (χ1) is 10.7. The maximum Gasteiger partial charge on any atom is 0.222 e. The van der Waals surface area contributed by atoms with E-state index in [-0.39, 0.29) is 5.95 Å². The van der Waals surface area contributed by atoms with E-state index in [1.54, 1.807) is 0 Å². The molecule has 0 atom stereocenters. The lowest BCUT2D eigenvalue weighted by molar-refractivity contribution is 0.649. The third-order valence-corrected chi connectivity index (χ3v) is 4.05. The highest BCUT2D eigenvalue weighted by molar-refractivity contribution is 5.68. The Bertz CT molecular complexity index is 635. The fraction of sp³-hybridized carbons (Fsp3) is 0.375. The van der Waals surface area contributed by atoms with Gasteiger partial charge in [0, 0.05) is 31.9 Å². The van der Waals surface area contributed by atoms with E-state index in [1.165, 1.54) is 5.69 Å². The summed E-state index contributed by atoms with van der Waals surface area (Å²) in [4.78, 5) is 13.1. The largest absolute Gasteiger partial charge is 0.382 e. The van der Waals surface area contributed by atoms with Crippen molar-refractivity contribution in [1.29, 1.82) is 0 Å². The van der Waals surface area contributed by atoms with Crippen molar-refractivity contribution >= 4 is 23.1 Å². The van der Waals surface area contributed by atoms with Gasteiger partial charge in [-0.3, -0.25) is 0 Å². The van der Waals surface area contributed by atoms with Crippen molar-refractivity contribution in [1.82, 2.24) is 9.97 Å². The average molecular weight is 298 g/mol. The number of para-hydroxylation sites is 1. The number of anilines is 4. The van der Waals surface area contributed by atoms with Gasteiger partial charge in [0.25, 0.3) is 0 Å². The van der Waals surface area contributed by atoms with Gasteiger partial charge in [0.1, 0.15) is 5.69 Å². The molecule has 1 aliphatic heterocycles. The van der Waals surface area contributed by atoms with Gasteiger partial charge in [-0.15, -0.1) is 0 Å². The molecule has 0 radical (unpaired) electrons. The second-order valence-electron chi connectivity index (χ2n) is 5.43. The topological polar surface area (TPSA) is 84.3 Å². The van der Waals surface area contributed by atoms with Gasteiger partial charge in [-0.1, -0.05) is 25.1 Å². The number of nitrogens with two attached hydrogens (primary N) is 2. The summed E-state index contributed by atoms with van der Waals surface area (Å²) in [5, 5.41) is 0. The molecule has 22 heavy (non-hydrogen) atoms. The zero-order valence-corrected chi connectivity index (χ0v) is 12.9. The monoisotopic (exact) mass is 298 g/mol. The quantitative estimate of drug-likeness (QED) is 0.894. The number of aromatic nitrogens is 2. The highest BCUT2D eigenvalue weighted by Crippen LogP contribution is 2.28. The summed E-state index contributed by atoms with van der Waals surface area (Å²) >= 11 is 0. The Morgan fingerprint density at radius 3 is 2.23 bits per heavy atom. The maximum atomic E-state index is 6.09. The fourth-order valence-electron chi connectivity index (χ4n) is 2.96. The molecule has 0 bridgehead atoms. The van der Waals surface area contributed by atoms with Crippen LogP contribution in [-0.4, -0.2) is 36.1 Å². The lowest BCUT2D eigenvalue weighted by Crippen LogP contribution is -2.47. The van der Waals surface area contributed by atoms with Crippen molar-refractivity contribution < 1.29 is 0 Å². The standard InChI is InChI=1S/C16H22N6/c1-2-13-14(15(17)20-16(18)19-13)22-10-8-21(9-11-22)12-6-4-3-5-7-12/h3-7H,2,8-11H2,1H3,(H4,17,18,19,20). The van der Waals surface area contributed by atoms with Crippen LogP contribution in [0.5, 0.6) is 0 Å². The van der Waals surface area contributed by atoms with E-state index in [0.29, 0.717) is 5.82 Å². The molecular formula is C16H22N6. The van der Waals surface area contributed by atoms with Crippen molar-refractivity contribution in [2.75, 3.05) is 47.4 Å². The van der Waals surface area contributed by atoms with Crippen LogP contribution in [-0.2, 0) is 6.42 Å². The van der Waals surface area contributed by atoms with Gasteiger partial charge in [0.2, 0.25) is 5.95 Å². The Balaban J connectivity index is 1.77. The molecule has 4 N–H and O–H groups in total. The molecule has 6 heteroatoms. The second-order valence-corrected chi connectivity index (χ2v) is 5.43. The molecular weight excluding hydrogens is 276 g/mol. The fourth-order valence-corrected chi connectivity index (χ4v) is 2.96. The molecule has 116 valence electrons. The molecule has 0 aliphatic carbocycles. The molecule has 0 spiro atoms. The van der Waals surface area contributed by atoms with Gasteiger partial charge in [-0.2, -0.15) is 4.98 Å². The van der Waals surface area contributed by atoms with Crippen molar-refractivity contribution in [3.63, 3.8) is 0 Å². The van der Waals surface area contributed by atoms with Crippen molar-refractivity contribution in [2.45, 2.75) is 13.3 Å². The predicted octanol–water partition coefficient (Wildman–Crippen LogP) is 1.53. The Morgan fingerprint density at radius 2 is 1.59 bits per heavy atom. The van der Waals surface area contributed by atoms with Crippen molar-refractivity contribution in [3.8, 4) is 0 Å². The van der Waals surface area contributed by atoms with Crippen LogP contribution in [0, 0.1) is 0 Å². The SMILES string of the molecule is CCc1nc(N)nc(N)c1N1CCN(c2ccccc2)CC1. The first-order valence-electron chi connectivity index (χ1n) is 7.66. The van der Waals surface area contributed by atoms with E-state index in [2.05, 4.69) is 51.0 Å². The highest BCUT2D eigenvalue weighted by atomic mass is 15.3. The van der Waals surface area contributed by atoms with Crippen LogP contribution in [0.3, 0.4) is 0 Å². The van der Waals surface area contributed by atoms with Gasteiger partial charge >= 0.3 is 0 Å². The van der Waals surface area contributed by atoms with E-state index in [4.69, 9.17) is 11.5 Å². The number of nitrogens with zero attached hydrogens (tertiary/aromatic N) is 4. The van der Waals surface area contributed by atoms with E-state index in [9.17, 15) is 0 Å². The Labute approximate surface area is 130 Å². The number of benzene rings is 1. The van der Waals surface area contributed by atoms with Crippen LogP contribution in [0.4, 0.5) is 23.1 Å². The lowest BCUT2D eigenvalue weighted by Gasteiger charge is -2.38. The summed E-state index contributed by atoms with van der Waals surface area (Å²) in [6.07, 6.45) is 0.797. The normalized spacial score (nSPS) is 15.1. The number of hydrogen-bond acceptors (Lipinski definition) is 6. The maximum absolute atomic E-state index is 6.09. The molecule has 1 saturated heterocycles. The molecule has 1 aromatic carbocycles. The van der Waals surface area contributed by atoms with Crippen molar-refractivity contribution in [3.05, 3.63) is 36.0 Å². The minimum Gasteiger partial charge on any atom is -0.382 e. The highest BCUT2D eigenvalue weighted by Gasteiger charge is 2.22. The summed E-state index contributed by atoms with van der Waals surface area (Å²) in [6, 6.07) is 10.5. The molecule has 0 amide bonds. The zero-order valence-electron chi connectivity index (χ0n) is 12.9. The molecule has 1 aliphatic rings. The number of piperazine rings is 1. The number of nitrogen functional groups attached to an aromatic ring is 2. The molecule has 0 unspecified atom stereocenters. The predicted molar refractivity (Wildman–Crippen MR) is 91.1 cm³/mol. The molecule has 2 aromatic rings. The van der Waals surface area contributed by atoms with Gasteiger partial charge in [-0.05, 0) is 18.6 Å². The summed E-state index contributed by atoms with van der Waals surface area (Å²) in [7, 11) is 0. The van der Waals surface area contributed by atoms with Crippen LogP contribution < -0.4 is 21.3 Å². The molecule has 1 aromatic heterocycles. The second kappa shape index (κ2) is 6.09. The Kier molecular flexibility index (Phi) is 4.00. The number of aryl methyl sites for hydroxylation is 1. The molecule has 1 fully saturated rings. The number of hydrogen-bond donors (Lipinski definition) is 2. The smallest absolute Gasteiger partial charge is 0.222 e. The third-order valence-electron chi connectivity index (χ3n) is 4.05. The summed E-state index contributed by atoms with van der Waals surface area (Å²) in [5.74, 6) is 0.735. The summed E-state index contributed by atoms with van der Waals surface area (Å²) in [6.45, 7) is 5.78. The summed E-state index contributed by atoms with van der Waals surface area (Å²) in [5.41, 5.74) is 14.9. The third kappa shape index (κ3) is 2.77. The molecule has 3 rings (SSSR count). The zero-order chi connectivity index (χ0) is 15.5. The lowest BCUT2D eigenvalue weighted by atomic mass is 10.2. The number of rotatable bonds is 3. The van der Waals surface area contributed by atoms with Crippen LogP contribution in [0.2, 0.25) is 0 Å². The van der Waals surface area contributed by atoms with Gasteiger partial charge < -0.3 is 21.3 Å². The van der Waals surface area contributed by atoms with Gasteiger partial charge in [-0.25, -0.2) is 4.98 Å². The molecule has 2 heterocycles. The Hall–Kier alpha value is -2.50. The first kappa shape index (κ1) is 14.4. The van der Waals surface area contributed by atoms with E-state index >= 15 is 0 Å². The van der Waals surface area contributed by atoms with Gasteiger partial charge in [0.05, 0.1) is 5.69 Å². The summed E-state index contributed by atoms with van der Waals surface area (Å²) < 4.78 is 0. The van der Waals surface area contributed by atoms with Crippen LogP contribution >= 0.6 is 0 Å². The van der Waals surface area contributed by atoms with Crippen molar-refractivity contribution in [2.24, 2.45) is 0 Å². The van der Waals surface area contributed by atoms with Crippen LogP contribution in [0.25, 0.3) is 0 Å². The van der Waals surface area contributed by atoms with Crippen LogP contribution in [0.1, 0.15) is 12.6 Å².